The Hall–Kier alpha value is -2.11. The summed E-state index contributed by atoms with van der Waals surface area (Å²) in [5.74, 6) is -0.0227. The van der Waals surface area contributed by atoms with Gasteiger partial charge in [-0.1, -0.05) is 13.8 Å². The normalized spacial score (nSPS) is 11.9. The predicted octanol–water partition coefficient (Wildman–Crippen LogP) is 2.21. The molecule has 128 valence electrons. The number of carbonyl (C=O) groups is 2. The van der Waals surface area contributed by atoms with Gasteiger partial charge in [0.1, 0.15) is 17.6 Å². The van der Waals surface area contributed by atoms with Crippen molar-refractivity contribution in [1.82, 2.24) is 10.2 Å². The summed E-state index contributed by atoms with van der Waals surface area (Å²) in [6.45, 7) is 6.13. The summed E-state index contributed by atoms with van der Waals surface area (Å²) in [5, 5.41) is 2.68. The molecule has 0 aliphatic heterocycles. The van der Waals surface area contributed by atoms with Gasteiger partial charge < -0.3 is 15.0 Å². The molecule has 0 radical (unpaired) electrons. The van der Waals surface area contributed by atoms with Crippen LogP contribution in [0.3, 0.4) is 0 Å². The Labute approximate surface area is 136 Å². The van der Waals surface area contributed by atoms with Crippen molar-refractivity contribution in [2.45, 2.75) is 33.2 Å². The largest absolute Gasteiger partial charge is 0.494 e. The number of nitrogens with zero attached hydrogens (tertiary/aromatic N) is 1. The topological polar surface area (TPSA) is 58.6 Å². The van der Waals surface area contributed by atoms with Gasteiger partial charge in [0, 0.05) is 20.5 Å². The maximum absolute atomic E-state index is 12.8. The van der Waals surface area contributed by atoms with Gasteiger partial charge in [-0.05, 0) is 36.6 Å². The number of rotatable bonds is 8. The molecule has 1 atom stereocenters. The number of halogens is 1. The third-order valence-electron chi connectivity index (χ3n) is 3.39. The van der Waals surface area contributed by atoms with E-state index in [-0.39, 0.29) is 23.5 Å². The highest BCUT2D eigenvalue weighted by molar-refractivity contribution is 5.86. The average Bonchev–Trinajstić information content (AvgIpc) is 2.49. The van der Waals surface area contributed by atoms with Crippen LogP contribution in [0.2, 0.25) is 0 Å². The van der Waals surface area contributed by atoms with Gasteiger partial charge in [-0.3, -0.25) is 9.59 Å². The highest BCUT2D eigenvalue weighted by Crippen LogP contribution is 2.11. The Morgan fingerprint density at radius 1 is 1.26 bits per heavy atom. The average molecular weight is 324 g/mol. The number of amides is 2. The number of likely N-dealkylation sites (N-methyl/N-ethyl adjacent to an activating group) is 1. The molecular formula is C17H25FN2O3. The third kappa shape index (κ3) is 6.67. The molecule has 0 spiro atoms. The first-order valence-corrected chi connectivity index (χ1v) is 7.71. The summed E-state index contributed by atoms with van der Waals surface area (Å²) in [7, 11) is 1.71. The lowest BCUT2D eigenvalue weighted by Crippen LogP contribution is -2.49. The molecule has 6 heteroatoms. The Morgan fingerprint density at radius 2 is 1.87 bits per heavy atom. The molecular weight excluding hydrogens is 299 g/mol. The minimum absolute atomic E-state index is 0.0179. The van der Waals surface area contributed by atoms with Crippen molar-refractivity contribution in [2.24, 2.45) is 5.92 Å². The van der Waals surface area contributed by atoms with Crippen LogP contribution >= 0.6 is 0 Å². The third-order valence-corrected chi connectivity index (χ3v) is 3.39. The zero-order chi connectivity index (χ0) is 17.4. The Morgan fingerprint density at radius 3 is 2.39 bits per heavy atom. The van der Waals surface area contributed by atoms with Crippen LogP contribution in [-0.4, -0.2) is 43.0 Å². The molecule has 1 aromatic carbocycles. The minimum atomic E-state index is -0.518. The van der Waals surface area contributed by atoms with Gasteiger partial charge in [0.05, 0.1) is 6.61 Å². The zero-order valence-electron chi connectivity index (χ0n) is 14.1. The number of carbonyl (C=O) groups excluding carboxylic acids is 2. The molecule has 0 aliphatic carbocycles. The predicted molar refractivity (Wildman–Crippen MR) is 86.6 cm³/mol. The van der Waals surface area contributed by atoms with Crippen molar-refractivity contribution in [3.63, 3.8) is 0 Å². The van der Waals surface area contributed by atoms with Gasteiger partial charge in [-0.25, -0.2) is 4.39 Å². The number of hydrogen-bond donors (Lipinski definition) is 1. The second-order valence-electron chi connectivity index (χ2n) is 5.84. The van der Waals surface area contributed by atoms with E-state index in [0.29, 0.717) is 25.3 Å². The summed E-state index contributed by atoms with van der Waals surface area (Å²) in [6, 6.07) is 5.29. The number of nitrogens with one attached hydrogen (secondary N) is 1. The molecule has 1 N–H and O–H groups in total. The van der Waals surface area contributed by atoms with Crippen LogP contribution in [-0.2, 0) is 9.59 Å². The number of hydrogen-bond acceptors (Lipinski definition) is 3. The first kappa shape index (κ1) is 18.9. The summed E-state index contributed by atoms with van der Waals surface area (Å²) in [5.41, 5.74) is 0. The van der Waals surface area contributed by atoms with Crippen LogP contribution in [0.5, 0.6) is 5.75 Å². The van der Waals surface area contributed by atoms with E-state index in [4.69, 9.17) is 4.74 Å². The molecule has 0 saturated carbocycles. The van der Waals surface area contributed by atoms with E-state index in [1.165, 1.54) is 19.1 Å². The van der Waals surface area contributed by atoms with Gasteiger partial charge in [-0.15, -0.1) is 0 Å². The maximum Gasteiger partial charge on any atom is 0.245 e. The lowest BCUT2D eigenvalue weighted by atomic mass is 10.0. The monoisotopic (exact) mass is 324 g/mol. The van der Waals surface area contributed by atoms with E-state index < -0.39 is 6.04 Å². The van der Waals surface area contributed by atoms with E-state index in [9.17, 15) is 14.0 Å². The molecule has 0 saturated heterocycles. The molecule has 2 amide bonds. The summed E-state index contributed by atoms with van der Waals surface area (Å²) >= 11 is 0. The highest BCUT2D eigenvalue weighted by Gasteiger charge is 2.25. The number of benzene rings is 1. The standard InChI is InChI=1S/C17H25FN2O3/c1-12(2)16(19-13(3)21)17(22)20(4)10-5-11-23-15-8-6-14(18)7-9-15/h6-9,12,16H,5,10-11H2,1-4H3,(H,19,21). The van der Waals surface area contributed by atoms with E-state index >= 15 is 0 Å². The Balaban J connectivity index is 2.39. The van der Waals surface area contributed by atoms with E-state index in [1.54, 1.807) is 24.1 Å². The fourth-order valence-corrected chi connectivity index (χ4v) is 2.10. The highest BCUT2D eigenvalue weighted by atomic mass is 19.1. The molecule has 0 aliphatic rings. The van der Waals surface area contributed by atoms with Crippen LogP contribution < -0.4 is 10.1 Å². The lowest BCUT2D eigenvalue weighted by molar-refractivity contribution is -0.136. The summed E-state index contributed by atoms with van der Waals surface area (Å²) in [4.78, 5) is 25.1. The van der Waals surface area contributed by atoms with E-state index in [0.717, 1.165) is 0 Å². The van der Waals surface area contributed by atoms with Crippen molar-refractivity contribution in [3.05, 3.63) is 30.1 Å². The number of ether oxygens (including phenoxy) is 1. The van der Waals surface area contributed by atoms with Crippen LogP contribution in [0.4, 0.5) is 4.39 Å². The van der Waals surface area contributed by atoms with Crippen LogP contribution in [0.25, 0.3) is 0 Å². The van der Waals surface area contributed by atoms with Crippen LogP contribution in [0.15, 0.2) is 24.3 Å². The molecule has 1 aromatic rings. The minimum Gasteiger partial charge on any atom is -0.494 e. The lowest BCUT2D eigenvalue weighted by Gasteiger charge is -2.26. The van der Waals surface area contributed by atoms with Crippen molar-refractivity contribution in [3.8, 4) is 5.75 Å². The first-order valence-electron chi connectivity index (χ1n) is 7.71. The second-order valence-corrected chi connectivity index (χ2v) is 5.84. The van der Waals surface area contributed by atoms with Gasteiger partial charge in [0.15, 0.2) is 0 Å². The molecule has 1 unspecified atom stereocenters. The van der Waals surface area contributed by atoms with E-state index in [2.05, 4.69) is 5.32 Å². The maximum atomic E-state index is 12.8. The quantitative estimate of drug-likeness (QED) is 0.746. The summed E-state index contributed by atoms with van der Waals surface area (Å²) in [6.07, 6.45) is 0.643. The molecule has 23 heavy (non-hydrogen) atoms. The fourth-order valence-electron chi connectivity index (χ4n) is 2.10. The molecule has 0 bridgehead atoms. The Kier molecular flexibility index (Phi) is 7.51. The smallest absolute Gasteiger partial charge is 0.245 e. The van der Waals surface area contributed by atoms with Gasteiger partial charge in [-0.2, -0.15) is 0 Å². The van der Waals surface area contributed by atoms with Crippen molar-refractivity contribution < 1.29 is 18.7 Å². The zero-order valence-corrected chi connectivity index (χ0v) is 14.1. The van der Waals surface area contributed by atoms with Crippen LogP contribution in [0, 0.1) is 11.7 Å². The first-order chi connectivity index (χ1) is 10.8. The van der Waals surface area contributed by atoms with Crippen molar-refractivity contribution >= 4 is 11.8 Å². The van der Waals surface area contributed by atoms with Crippen LogP contribution in [0.1, 0.15) is 27.2 Å². The van der Waals surface area contributed by atoms with Gasteiger partial charge in [0.25, 0.3) is 0 Å². The van der Waals surface area contributed by atoms with Gasteiger partial charge >= 0.3 is 0 Å². The summed E-state index contributed by atoms with van der Waals surface area (Å²) < 4.78 is 18.3. The molecule has 5 nitrogen and oxygen atoms in total. The second kappa shape index (κ2) is 9.12. The molecule has 0 heterocycles. The van der Waals surface area contributed by atoms with Crippen molar-refractivity contribution in [2.75, 3.05) is 20.2 Å². The SMILES string of the molecule is CC(=O)NC(C(=O)N(C)CCCOc1ccc(F)cc1)C(C)C. The van der Waals surface area contributed by atoms with E-state index in [1.807, 2.05) is 13.8 Å². The molecule has 1 rings (SSSR count). The van der Waals surface area contributed by atoms with Gasteiger partial charge in [0.2, 0.25) is 11.8 Å². The molecule has 0 fully saturated rings. The Bertz CT molecular complexity index is 517. The fraction of sp³-hybridized carbons (Fsp3) is 0.529. The van der Waals surface area contributed by atoms with Crippen molar-refractivity contribution in [1.29, 1.82) is 0 Å². The molecule has 0 aromatic heterocycles.